The van der Waals surface area contributed by atoms with Gasteiger partial charge in [0.25, 0.3) is 16.9 Å². The van der Waals surface area contributed by atoms with Gasteiger partial charge in [0, 0.05) is 36.6 Å². The summed E-state index contributed by atoms with van der Waals surface area (Å²) in [6.45, 7) is 0.277. The van der Waals surface area contributed by atoms with Gasteiger partial charge in [-0.2, -0.15) is 0 Å². The number of aromatic nitrogens is 1. The first-order chi connectivity index (χ1) is 19.9. The SMILES string of the molecule is CO/N=C(\C(=O)N[C@@H]1C(=O)N2C(OC(=O)O)=C(COC(C)=O)CS[C@@H]12)c1csc(NCCC(O)(P(=O)(O)O)P(=O)(O)O)n1. The van der Waals surface area contributed by atoms with Crippen molar-refractivity contribution >= 4 is 73.1 Å². The number of carbonyl (C=O) groups excluding carboxylic acids is 3. The molecule has 1 saturated heterocycles. The van der Waals surface area contributed by atoms with Gasteiger partial charge >= 0.3 is 27.3 Å². The second-order valence-corrected chi connectivity index (χ2v) is 14.6. The van der Waals surface area contributed by atoms with Crippen LogP contribution in [0, 0.1) is 0 Å². The van der Waals surface area contributed by atoms with Crippen LogP contribution in [0.5, 0.6) is 0 Å². The summed E-state index contributed by atoms with van der Waals surface area (Å²) < 4.78 is 32.7. The number of carboxylic acid groups (broad SMARTS) is 1. The number of carbonyl (C=O) groups is 4. The van der Waals surface area contributed by atoms with Crippen LogP contribution in [0.4, 0.5) is 9.93 Å². The molecule has 3 rings (SSSR count). The molecule has 2 atom stereocenters. The van der Waals surface area contributed by atoms with Gasteiger partial charge in [0.05, 0.1) is 0 Å². The third-order valence-corrected chi connectivity index (χ3v) is 11.7. The van der Waals surface area contributed by atoms with Crippen molar-refractivity contribution in [2.45, 2.75) is 29.8 Å². The lowest BCUT2D eigenvalue weighted by atomic mass is 10.1. The molecule has 8 N–H and O–H groups in total. The number of anilines is 1. The van der Waals surface area contributed by atoms with Gasteiger partial charge < -0.3 is 54.7 Å². The summed E-state index contributed by atoms with van der Waals surface area (Å²) in [6, 6.07) is -1.16. The number of hydrogen-bond donors (Lipinski definition) is 8. The van der Waals surface area contributed by atoms with E-state index in [2.05, 4.69) is 20.8 Å². The number of ether oxygens (including phenoxy) is 2. The van der Waals surface area contributed by atoms with Crippen LogP contribution >= 0.6 is 38.3 Å². The van der Waals surface area contributed by atoms with Crippen LogP contribution in [0.25, 0.3) is 0 Å². The van der Waals surface area contributed by atoms with Gasteiger partial charge in [-0.1, -0.05) is 5.16 Å². The summed E-state index contributed by atoms with van der Waals surface area (Å²) in [5, 5.41) is 24.6. The number of esters is 1. The minimum Gasteiger partial charge on any atom is -0.461 e. The first kappa shape index (κ1) is 34.4. The third kappa shape index (κ3) is 7.54. The number of rotatable bonds is 13. The molecule has 0 bridgehead atoms. The fraction of sp³-hybridized carbons (Fsp3) is 0.474. The highest BCUT2D eigenvalue weighted by atomic mass is 32.2. The Kier molecular flexibility index (Phi) is 10.6. The molecule has 3 heterocycles. The molecule has 0 aromatic carbocycles. The summed E-state index contributed by atoms with van der Waals surface area (Å²) in [5.74, 6) is -2.52. The number of thioether (sulfide) groups is 1. The molecule has 0 unspecified atom stereocenters. The van der Waals surface area contributed by atoms with Crippen molar-refractivity contribution in [3.63, 3.8) is 0 Å². The van der Waals surface area contributed by atoms with Crippen LogP contribution in [0.2, 0.25) is 0 Å². The Morgan fingerprint density at radius 1 is 1.23 bits per heavy atom. The molecule has 1 aromatic rings. The van der Waals surface area contributed by atoms with E-state index in [0.29, 0.717) is 0 Å². The first-order valence-electron chi connectivity index (χ1n) is 11.6. The fourth-order valence-corrected chi connectivity index (χ4v) is 7.86. The van der Waals surface area contributed by atoms with Gasteiger partial charge in [-0.25, -0.2) is 9.78 Å². The van der Waals surface area contributed by atoms with Crippen molar-refractivity contribution in [2.24, 2.45) is 5.16 Å². The van der Waals surface area contributed by atoms with E-state index in [1.54, 1.807) is 0 Å². The smallest absolute Gasteiger partial charge is 0.461 e. The number of nitrogens with one attached hydrogen (secondary N) is 2. The van der Waals surface area contributed by atoms with Crippen LogP contribution in [-0.2, 0) is 37.8 Å². The van der Waals surface area contributed by atoms with E-state index in [9.17, 15) is 53.0 Å². The quantitative estimate of drug-likeness (QED) is 0.0412. The number of oxime groups is 1. The van der Waals surface area contributed by atoms with E-state index in [0.717, 1.165) is 42.0 Å². The van der Waals surface area contributed by atoms with Crippen molar-refractivity contribution in [3.05, 3.63) is 22.5 Å². The molecule has 24 heteroatoms. The fourth-order valence-electron chi connectivity index (χ4n) is 3.67. The molecule has 2 aliphatic heterocycles. The molecule has 0 spiro atoms. The number of thiazole rings is 1. The summed E-state index contributed by atoms with van der Waals surface area (Å²) in [7, 11) is -10.2. The van der Waals surface area contributed by atoms with Crippen LogP contribution in [0.15, 0.2) is 22.0 Å². The van der Waals surface area contributed by atoms with E-state index in [4.69, 9.17) is 19.4 Å². The average Bonchev–Trinajstić information content (AvgIpc) is 3.35. The minimum atomic E-state index is -5.66. The van der Waals surface area contributed by atoms with Gasteiger partial charge in [0.1, 0.15) is 30.8 Å². The Morgan fingerprint density at radius 2 is 1.88 bits per heavy atom. The van der Waals surface area contributed by atoms with Gasteiger partial charge in [0.15, 0.2) is 10.8 Å². The Hall–Kier alpha value is -3.07. The zero-order valence-corrected chi connectivity index (χ0v) is 25.4. The van der Waals surface area contributed by atoms with Crippen molar-refractivity contribution in [3.8, 4) is 0 Å². The molecular formula is C19H25N5O15P2S2. The Morgan fingerprint density at radius 3 is 2.44 bits per heavy atom. The highest BCUT2D eigenvalue weighted by Crippen LogP contribution is 2.68. The number of nitrogens with zero attached hydrogens (tertiary/aromatic N) is 3. The predicted molar refractivity (Wildman–Crippen MR) is 146 cm³/mol. The molecule has 2 amide bonds. The Bertz CT molecular complexity index is 1430. The summed E-state index contributed by atoms with van der Waals surface area (Å²) in [4.78, 5) is 95.1. The number of amides is 2. The van der Waals surface area contributed by atoms with Gasteiger partial charge in [-0.3, -0.25) is 28.4 Å². The second kappa shape index (κ2) is 13.3. The Labute approximate surface area is 249 Å². The Balaban J connectivity index is 1.70. The first-order valence-corrected chi connectivity index (χ1v) is 16.7. The van der Waals surface area contributed by atoms with Crippen molar-refractivity contribution in [1.82, 2.24) is 15.2 Å². The summed E-state index contributed by atoms with van der Waals surface area (Å²) >= 11 is 1.99. The molecule has 0 radical (unpaired) electrons. The van der Waals surface area contributed by atoms with E-state index in [1.807, 2.05) is 0 Å². The second-order valence-electron chi connectivity index (χ2n) is 8.62. The predicted octanol–water partition coefficient (Wildman–Crippen LogP) is -0.834. The molecule has 0 aliphatic carbocycles. The maximum atomic E-state index is 13.1. The van der Waals surface area contributed by atoms with Gasteiger partial charge in [-0.05, 0) is 0 Å². The van der Waals surface area contributed by atoms with E-state index in [1.165, 1.54) is 5.38 Å². The van der Waals surface area contributed by atoms with Crippen molar-refractivity contribution < 1.29 is 72.4 Å². The standard InChI is InChI=1S/C19H25N5O15P2S2/c1-8(25)38-5-9-6-42-16-12(14(27)24(16)15(9)39-18(28)29)22-13(26)11(23-37-2)10-7-43-17(21-10)20-4-3-19(30,40(31,32)33)41(34,35)36/h7,12,16,30H,3-6H2,1-2H3,(H,20,21)(H,22,26)(H,28,29)(H2,31,32,33)(H2,34,35,36)/b23-11-/t12-,16+/m1/s1. The average molecular weight is 690 g/mol. The molecule has 43 heavy (non-hydrogen) atoms. The van der Waals surface area contributed by atoms with Crippen LogP contribution in [0.3, 0.4) is 0 Å². The molecule has 2 aliphatic rings. The van der Waals surface area contributed by atoms with E-state index in [-0.39, 0.29) is 34.6 Å². The van der Waals surface area contributed by atoms with Crippen LogP contribution in [-0.4, -0.2) is 112 Å². The number of β-lactam (4-membered cyclic amide) rings is 1. The monoisotopic (exact) mass is 689 g/mol. The lowest BCUT2D eigenvalue weighted by molar-refractivity contribution is -0.148. The molecule has 20 nitrogen and oxygen atoms in total. The maximum Gasteiger partial charge on any atom is 0.512 e. The van der Waals surface area contributed by atoms with Crippen molar-refractivity contribution in [1.29, 1.82) is 0 Å². The highest BCUT2D eigenvalue weighted by Gasteiger charge is 2.59. The summed E-state index contributed by atoms with van der Waals surface area (Å²) in [6.07, 6.45) is -2.78. The summed E-state index contributed by atoms with van der Waals surface area (Å²) in [5.41, 5.74) is -0.277. The largest absolute Gasteiger partial charge is 0.512 e. The van der Waals surface area contributed by atoms with E-state index < -0.39 is 74.3 Å². The lowest BCUT2D eigenvalue weighted by Gasteiger charge is -2.49. The zero-order valence-electron chi connectivity index (χ0n) is 22.0. The maximum absolute atomic E-state index is 13.1. The minimum absolute atomic E-state index is 0.0000151. The lowest BCUT2D eigenvalue weighted by Crippen LogP contribution is -2.70. The zero-order chi connectivity index (χ0) is 32.3. The number of fused-ring (bicyclic) bond motifs is 1. The number of hydrogen-bond acceptors (Lipinski definition) is 15. The normalized spacial score (nSPS) is 19.3. The topological polar surface area (TPSA) is 304 Å². The molecule has 1 aromatic heterocycles. The van der Waals surface area contributed by atoms with E-state index >= 15 is 0 Å². The molecule has 0 saturated carbocycles. The number of aliphatic hydroxyl groups is 1. The molecular weight excluding hydrogens is 664 g/mol. The molecule has 238 valence electrons. The van der Waals surface area contributed by atoms with Gasteiger partial charge in [0.2, 0.25) is 5.88 Å². The van der Waals surface area contributed by atoms with Crippen LogP contribution in [0.1, 0.15) is 19.0 Å². The van der Waals surface area contributed by atoms with Crippen LogP contribution < -0.4 is 10.6 Å². The van der Waals surface area contributed by atoms with Crippen molar-refractivity contribution in [2.75, 3.05) is 31.3 Å². The third-order valence-electron chi connectivity index (χ3n) is 5.73. The molecule has 1 fully saturated rings. The highest BCUT2D eigenvalue weighted by molar-refractivity contribution is 8.00. The van der Waals surface area contributed by atoms with Gasteiger partial charge in [-0.15, -0.1) is 23.1 Å².